The second-order valence-corrected chi connectivity index (χ2v) is 6.12. The minimum absolute atomic E-state index is 0.122. The molecular formula is C20H18N4O2. The molecule has 0 saturated heterocycles. The van der Waals surface area contributed by atoms with Crippen molar-refractivity contribution in [3.63, 3.8) is 0 Å². The lowest BCUT2D eigenvalue weighted by Gasteiger charge is -2.15. The number of fused-ring (bicyclic) bond motifs is 2. The van der Waals surface area contributed by atoms with Crippen LogP contribution in [-0.2, 0) is 4.79 Å². The number of hydrogen-bond acceptors (Lipinski definition) is 4. The van der Waals surface area contributed by atoms with E-state index < -0.39 is 0 Å². The summed E-state index contributed by atoms with van der Waals surface area (Å²) < 4.78 is 0. The van der Waals surface area contributed by atoms with Crippen LogP contribution in [0.5, 0.6) is 0 Å². The topological polar surface area (TPSA) is 69.0 Å². The van der Waals surface area contributed by atoms with E-state index in [1.54, 1.807) is 0 Å². The molecule has 0 aliphatic carbocycles. The number of carbonyl (C=O) groups is 1. The first-order chi connectivity index (χ1) is 12.7. The van der Waals surface area contributed by atoms with Gasteiger partial charge in [-0.3, -0.25) is 4.79 Å². The van der Waals surface area contributed by atoms with Gasteiger partial charge in [0.15, 0.2) is 6.61 Å². The monoisotopic (exact) mass is 346 g/mol. The molecule has 0 bridgehead atoms. The van der Waals surface area contributed by atoms with Crippen molar-refractivity contribution in [2.45, 2.75) is 13.0 Å². The van der Waals surface area contributed by atoms with Crippen molar-refractivity contribution in [1.29, 1.82) is 0 Å². The van der Waals surface area contributed by atoms with E-state index in [1.807, 2.05) is 49.4 Å². The number of rotatable bonds is 5. The fraction of sp³-hybridized carbons (Fsp3) is 0.150. The molecule has 6 nitrogen and oxygen atoms in total. The molecule has 4 aromatic rings. The Morgan fingerprint density at radius 3 is 2.73 bits per heavy atom. The molecule has 1 atom stereocenters. The predicted octanol–water partition coefficient (Wildman–Crippen LogP) is 2.89. The Balaban J connectivity index is 1.40. The maximum Gasteiger partial charge on any atom is 0.261 e. The Bertz CT molecular complexity index is 1070. The summed E-state index contributed by atoms with van der Waals surface area (Å²) in [4.78, 5) is 19.0. The number of aromatic nitrogens is 3. The summed E-state index contributed by atoms with van der Waals surface area (Å²) in [6.07, 6.45) is 0. The van der Waals surface area contributed by atoms with Crippen LogP contribution in [0.1, 0.15) is 18.5 Å². The summed E-state index contributed by atoms with van der Waals surface area (Å²) >= 11 is 0. The second-order valence-electron chi connectivity index (χ2n) is 6.12. The molecular weight excluding hydrogens is 328 g/mol. The summed E-state index contributed by atoms with van der Waals surface area (Å²) in [5.74, 6) is -0.217. The lowest BCUT2D eigenvalue weighted by Crippen LogP contribution is -2.33. The Hall–Kier alpha value is -3.41. The van der Waals surface area contributed by atoms with Gasteiger partial charge in [0.25, 0.3) is 5.91 Å². The molecule has 1 aromatic heterocycles. The van der Waals surface area contributed by atoms with E-state index in [1.165, 1.54) is 10.2 Å². The zero-order chi connectivity index (χ0) is 17.9. The SMILES string of the molecule is C[C@H](NC(=O)COn1nnc2ccccc21)c1ccc2ccccc2c1. The van der Waals surface area contributed by atoms with Crippen molar-refractivity contribution >= 4 is 27.7 Å². The molecule has 130 valence electrons. The van der Waals surface area contributed by atoms with Gasteiger partial charge in [0, 0.05) is 0 Å². The van der Waals surface area contributed by atoms with Crippen molar-refractivity contribution in [2.75, 3.05) is 6.61 Å². The maximum absolute atomic E-state index is 12.2. The predicted molar refractivity (Wildman–Crippen MR) is 99.5 cm³/mol. The van der Waals surface area contributed by atoms with E-state index in [4.69, 9.17) is 4.84 Å². The van der Waals surface area contributed by atoms with Crippen LogP contribution >= 0.6 is 0 Å². The van der Waals surface area contributed by atoms with Crippen molar-refractivity contribution in [3.05, 3.63) is 72.3 Å². The van der Waals surface area contributed by atoms with Crippen LogP contribution in [0.25, 0.3) is 21.8 Å². The van der Waals surface area contributed by atoms with Gasteiger partial charge in [-0.2, -0.15) is 0 Å². The number of para-hydroxylation sites is 1. The van der Waals surface area contributed by atoms with Gasteiger partial charge >= 0.3 is 0 Å². The molecule has 26 heavy (non-hydrogen) atoms. The first kappa shape index (κ1) is 16.1. The highest BCUT2D eigenvalue weighted by Gasteiger charge is 2.12. The normalized spacial score (nSPS) is 12.2. The van der Waals surface area contributed by atoms with Gasteiger partial charge in [0.2, 0.25) is 0 Å². The van der Waals surface area contributed by atoms with Gasteiger partial charge in [0.05, 0.1) is 6.04 Å². The second kappa shape index (κ2) is 6.84. The Morgan fingerprint density at radius 1 is 1.08 bits per heavy atom. The fourth-order valence-corrected chi connectivity index (χ4v) is 2.91. The molecule has 4 rings (SSSR count). The van der Waals surface area contributed by atoms with E-state index in [0.29, 0.717) is 0 Å². The van der Waals surface area contributed by atoms with E-state index in [2.05, 4.69) is 39.9 Å². The third kappa shape index (κ3) is 3.21. The van der Waals surface area contributed by atoms with Crippen LogP contribution in [0.2, 0.25) is 0 Å². The molecule has 1 heterocycles. The molecule has 6 heteroatoms. The molecule has 0 radical (unpaired) electrons. The lowest BCUT2D eigenvalue weighted by molar-refractivity contribution is -0.127. The van der Waals surface area contributed by atoms with Crippen LogP contribution in [0.4, 0.5) is 0 Å². The van der Waals surface area contributed by atoms with Gasteiger partial charge in [-0.1, -0.05) is 53.4 Å². The minimum Gasteiger partial charge on any atom is -0.385 e. The zero-order valence-corrected chi connectivity index (χ0v) is 14.3. The zero-order valence-electron chi connectivity index (χ0n) is 14.3. The highest BCUT2D eigenvalue weighted by Crippen LogP contribution is 2.20. The Kier molecular flexibility index (Phi) is 4.23. The smallest absolute Gasteiger partial charge is 0.261 e. The summed E-state index contributed by atoms with van der Waals surface area (Å²) in [5, 5.41) is 13.2. The van der Waals surface area contributed by atoms with E-state index >= 15 is 0 Å². The van der Waals surface area contributed by atoms with Crippen LogP contribution in [0.3, 0.4) is 0 Å². The number of benzene rings is 3. The number of nitrogens with one attached hydrogen (secondary N) is 1. The van der Waals surface area contributed by atoms with Gasteiger partial charge in [-0.25, -0.2) is 0 Å². The van der Waals surface area contributed by atoms with E-state index in [9.17, 15) is 4.79 Å². The highest BCUT2D eigenvalue weighted by molar-refractivity contribution is 5.83. The van der Waals surface area contributed by atoms with Gasteiger partial charge in [0.1, 0.15) is 11.0 Å². The first-order valence-electron chi connectivity index (χ1n) is 8.42. The standard InChI is InChI=1S/C20H18N4O2/c1-14(16-11-10-15-6-2-3-7-17(15)12-16)21-20(25)13-26-24-19-9-5-4-8-18(19)22-23-24/h2-12,14H,13H2,1H3,(H,21,25)/t14-/m0/s1. The number of amides is 1. The molecule has 0 spiro atoms. The third-order valence-corrected chi connectivity index (χ3v) is 4.29. The molecule has 3 aromatic carbocycles. The lowest BCUT2D eigenvalue weighted by atomic mass is 10.0. The number of nitrogens with zero attached hydrogens (tertiary/aromatic N) is 3. The molecule has 0 aliphatic rings. The average molecular weight is 346 g/mol. The van der Waals surface area contributed by atoms with Crippen LogP contribution in [0.15, 0.2) is 66.7 Å². The summed E-state index contributed by atoms with van der Waals surface area (Å²) in [7, 11) is 0. The Morgan fingerprint density at radius 2 is 1.85 bits per heavy atom. The van der Waals surface area contributed by atoms with Crippen molar-refractivity contribution in [1.82, 2.24) is 20.5 Å². The third-order valence-electron chi connectivity index (χ3n) is 4.29. The number of carbonyl (C=O) groups excluding carboxylic acids is 1. The quantitative estimate of drug-likeness (QED) is 0.603. The maximum atomic E-state index is 12.2. The van der Waals surface area contributed by atoms with E-state index in [-0.39, 0.29) is 18.6 Å². The largest absolute Gasteiger partial charge is 0.385 e. The fourth-order valence-electron chi connectivity index (χ4n) is 2.91. The number of hydrogen-bond donors (Lipinski definition) is 1. The summed E-state index contributed by atoms with van der Waals surface area (Å²) in [6, 6.07) is 21.6. The Labute approximate surface area is 150 Å². The molecule has 0 unspecified atom stereocenters. The molecule has 0 fully saturated rings. The minimum atomic E-state index is -0.217. The van der Waals surface area contributed by atoms with Crippen LogP contribution < -0.4 is 10.2 Å². The summed E-state index contributed by atoms with van der Waals surface area (Å²) in [5.41, 5.74) is 2.49. The van der Waals surface area contributed by atoms with E-state index in [0.717, 1.165) is 22.0 Å². The summed E-state index contributed by atoms with van der Waals surface area (Å²) in [6.45, 7) is 1.82. The first-order valence-corrected chi connectivity index (χ1v) is 8.42. The molecule has 0 saturated carbocycles. The highest BCUT2D eigenvalue weighted by atomic mass is 16.7. The van der Waals surface area contributed by atoms with Crippen LogP contribution in [0, 0.1) is 0 Å². The van der Waals surface area contributed by atoms with Crippen molar-refractivity contribution < 1.29 is 9.63 Å². The van der Waals surface area contributed by atoms with Crippen molar-refractivity contribution in [3.8, 4) is 0 Å². The molecule has 0 aliphatic heterocycles. The average Bonchev–Trinajstić information content (AvgIpc) is 3.09. The van der Waals surface area contributed by atoms with Gasteiger partial charge in [-0.05, 0) is 46.7 Å². The van der Waals surface area contributed by atoms with Crippen molar-refractivity contribution in [2.24, 2.45) is 0 Å². The van der Waals surface area contributed by atoms with Crippen LogP contribution in [-0.4, -0.2) is 27.7 Å². The molecule has 1 amide bonds. The van der Waals surface area contributed by atoms with Gasteiger partial charge in [-0.15, -0.1) is 5.10 Å². The molecule has 1 N–H and O–H groups in total. The van der Waals surface area contributed by atoms with Gasteiger partial charge < -0.3 is 10.2 Å².